The molecule has 43 heavy (non-hydrogen) atoms. The van der Waals surface area contributed by atoms with Crippen molar-refractivity contribution in [3.8, 4) is 0 Å². The molecule has 0 aromatic heterocycles. The average molecular weight is 694 g/mol. The van der Waals surface area contributed by atoms with Gasteiger partial charge in [-0.2, -0.15) is 30.0 Å². The molecule has 0 bridgehead atoms. The lowest BCUT2D eigenvalue weighted by Crippen LogP contribution is -2.68. The van der Waals surface area contributed by atoms with E-state index in [-0.39, 0.29) is 12.7 Å². The van der Waals surface area contributed by atoms with Crippen LogP contribution < -0.4 is 15.4 Å². The van der Waals surface area contributed by atoms with Crippen LogP contribution in [-0.4, -0.2) is 150 Å². The summed E-state index contributed by atoms with van der Waals surface area (Å²) < 4.78 is 133. The van der Waals surface area contributed by atoms with E-state index in [0.717, 1.165) is 14.2 Å². The maximum atomic E-state index is 12.9. The number of nitrogens with one attached hydrogen (secondary N) is 3. The molecule has 2 fully saturated rings. The second-order valence-corrected chi connectivity index (χ2v) is 12.7. The van der Waals surface area contributed by atoms with Gasteiger partial charge in [0, 0.05) is 20.3 Å². The molecule has 2 rings (SSSR count). The van der Waals surface area contributed by atoms with E-state index < -0.39 is 105 Å². The number of hydrogen-bond donors (Lipinski definition) is 8. The smallest absolute Gasteiger partial charge is 0.388 e. The summed E-state index contributed by atoms with van der Waals surface area (Å²) in [5.74, 6) is -0.935. The summed E-state index contributed by atoms with van der Waals surface area (Å²) in [5.41, 5.74) is 0. The first-order valence-electron chi connectivity index (χ1n) is 12.1. The van der Waals surface area contributed by atoms with Crippen molar-refractivity contribution in [2.24, 2.45) is 0 Å². The van der Waals surface area contributed by atoms with E-state index in [4.69, 9.17) is 28.2 Å². The maximum Gasteiger partial charge on any atom is 0.397 e. The number of amides is 1. The van der Waals surface area contributed by atoms with Gasteiger partial charge in [-0.05, 0) is 13.8 Å². The minimum Gasteiger partial charge on any atom is -0.388 e. The summed E-state index contributed by atoms with van der Waals surface area (Å²) in [4.78, 5) is 12.9. The van der Waals surface area contributed by atoms with Gasteiger partial charge in [-0.25, -0.2) is 8.37 Å². The van der Waals surface area contributed by atoms with E-state index >= 15 is 0 Å². The molecular weight excluding hydrogens is 658 g/mol. The van der Waals surface area contributed by atoms with Crippen LogP contribution in [0.25, 0.3) is 0 Å². The van der Waals surface area contributed by atoms with E-state index in [1.807, 2.05) is 0 Å². The Morgan fingerprint density at radius 2 is 1.49 bits per heavy atom. The molecule has 25 heteroatoms. The van der Waals surface area contributed by atoms with Crippen molar-refractivity contribution in [3.05, 3.63) is 0 Å². The summed E-state index contributed by atoms with van der Waals surface area (Å²) in [7, 11) is -13.6. The number of hydrogen-bond acceptors (Lipinski definition) is 17. The minimum absolute atomic E-state index is 0.0742. The highest BCUT2D eigenvalue weighted by Crippen LogP contribution is 2.32. The van der Waals surface area contributed by atoms with Crippen LogP contribution in [0.4, 0.5) is 0 Å². The average Bonchev–Trinajstić information content (AvgIpc) is 2.85. The molecule has 2 saturated heterocycles. The molecule has 10 atom stereocenters. The number of aliphatic hydroxyl groups is 2. The summed E-state index contributed by atoms with van der Waals surface area (Å²) in [6, 6.07) is -1.98. The number of carbonyl (C=O) groups excluding carboxylic acids is 1. The fourth-order valence-electron chi connectivity index (χ4n) is 4.12. The third-order valence-electron chi connectivity index (χ3n) is 5.92. The first kappa shape index (κ1) is 37.9. The SMILES string of the molecule is CO[C@@H]1C(C(=O)NCNC(C)C)O[C@@H](O[C@H]2C(COS(=O)(=O)O)O[C@H](OC)[C@@H](NS(=O)(=O)O)C2O)[C@@H](OS(=O)(=O)O)C1O. The Morgan fingerprint density at radius 1 is 0.860 bits per heavy atom. The highest BCUT2D eigenvalue weighted by Gasteiger charge is 2.55. The number of aliphatic hydroxyl groups excluding tert-OH is 2. The summed E-state index contributed by atoms with van der Waals surface area (Å²) in [6.45, 7) is 2.28. The molecule has 0 aromatic carbocycles. The normalized spacial score (nSPS) is 34.3. The highest BCUT2D eigenvalue weighted by atomic mass is 32.3. The fraction of sp³-hybridized carbons (Fsp3) is 0.944. The van der Waals surface area contributed by atoms with Crippen LogP contribution in [0, 0.1) is 0 Å². The summed E-state index contributed by atoms with van der Waals surface area (Å²) >= 11 is 0. The van der Waals surface area contributed by atoms with Gasteiger partial charge in [0.15, 0.2) is 24.8 Å². The molecule has 2 heterocycles. The molecule has 1 amide bonds. The van der Waals surface area contributed by atoms with Crippen molar-refractivity contribution in [3.63, 3.8) is 0 Å². The van der Waals surface area contributed by atoms with Gasteiger partial charge in [-0.3, -0.25) is 23.8 Å². The molecule has 22 nitrogen and oxygen atoms in total. The van der Waals surface area contributed by atoms with Crippen LogP contribution in [0.5, 0.6) is 0 Å². The molecule has 0 aromatic rings. The van der Waals surface area contributed by atoms with Gasteiger partial charge in [-0.15, -0.1) is 0 Å². The molecule has 0 spiro atoms. The van der Waals surface area contributed by atoms with Crippen LogP contribution in [0.1, 0.15) is 13.8 Å². The van der Waals surface area contributed by atoms with E-state index in [0.29, 0.717) is 0 Å². The van der Waals surface area contributed by atoms with Crippen molar-refractivity contribution >= 4 is 37.0 Å². The third kappa shape index (κ3) is 11.6. The first-order chi connectivity index (χ1) is 19.7. The van der Waals surface area contributed by atoms with Crippen molar-refractivity contribution in [2.75, 3.05) is 27.5 Å². The molecule has 4 unspecified atom stereocenters. The Labute approximate surface area is 247 Å². The quantitative estimate of drug-likeness (QED) is 0.0588. The van der Waals surface area contributed by atoms with Crippen LogP contribution in [0.2, 0.25) is 0 Å². The molecule has 0 saturated carbocycles. The predicted octanol–water partition coefficient (Wildman–Crippen LogP) is -4.96. The van der Waals surface area contributed by atoms with E-state index in [9.17, 15) is 49.4 Å². The second kappa shape index (κ2) is 15.4. The molecule has 2 aliphatic heterocycles. The monoisotopic (exact) mass is 693 g/mol. The Bertz CT molecular complexity index is 1250. The zero-order chi connectivity index (χ0) is 32.9. The van der Waals surface area contributed by atoms with Crippen molar-refractivity contribution in [1.82, 2.24) is 15.4 Å². The van der Waals surface area contributed by atoms with Gasteiger partial charge in [0.25, 0.3) is 5.91 Å². The van der Waals surface area contributed by atoms with Crippen LogP contribution in [-0.2, 0) is 67.9 Å². The summed E-state index contributed by atoms with van der Waals surface area (Å²) in [5, 5.41) is 27.2. The number of ether oxygens (including phenoxy) is 5. The largest absolute Gasteiger partial charge is 0.397 e. The van der Waals surface area contributed by atoms with Crippen molar-refractivity contribution < 1.29 is 86.0 Å². The molecule has 0 aliphatic carbocycles. The number of carbonyl (C=O) groups is 1. The lowest BCUT2D eigenvalue weighted by Gasteiger charge is -2.47. The topological polar surface area (TPSA) is 321 Å². The van der Waals surface area contributed by atoms with Gasteiger partial charge >= 0.3 is 31.1 Å². The van der Waals surface area contributed by atoms with E-state index in [1.54, 1.807) is 18.6 Å². The van der Waals surface area contributed by atoms with Crippen LogP contribution in [0.3, 0.4) is 0 Å². The Hall–Kier alpha value is -1.24. The zero-order valence-electron chi connectivity index (χ0n) is 22.9. The van der Waals surface area contributed by atoms with E-state index in [1.165, 1.54) is 0 Å². The minimum atomic E-state index is -5.39. The van der Waals surface area contributed by atoms with Crippen LogP contribution >= 0.6 is 0 Å². The Kier molecular flexibility index (Phi) is 13.6. The number of rotatable bonds is 15. The predicted molar refractivity (Wildman–Crippen MR) is 136 cm³/mol. The molecule has 8 N–H and O–H groups in total. The number of methoxy groups -OCH3 is 2. The molecule has 254 valence electrons. The Balaban J connectivity index is 2.52. The molecule has 2 aliphatic rings. The maximum absolute atomic E-state index is 12.9. The third-order valence-corrected chi connectivity index (χ3v) is 7.39. The molecule has 0 radical (unpaired) electrons. The zero-order valence-corrected chi connectivity index (χ0v) is 25.4. The molecular formula is C18H35N3O19S3. The highest BCUT2D eigenvalue weighted by molar-refractivity contribution is 7.83. The van der Waals surface area contributed by atoms with Crippen molar-refractivity contribution in [1.29, 1.82) is 0 Å². The van der Waals surface area contributed by atoms with Gasteiger partial charge in [0.1, 0.15) is 36.6 Å². The fourth-order valence-corrected chi connectivity index (χ4v) is 5.51. The van der Waals surface area contributed by atoms with Crippen molar-refractivity contribution in [2.45, 2.75) is 81.2 Å². The Morgan fingerprint density at radius 3 is 1.98 bits per heavy atom. The van der Waals surface area contributed by atoms with Gasteiger partial charge < -0.3 is 39.2 Å². The van der Waals surface area contributed by atoms with E-state index in [2.05, 4.69) is 19.0 Å². The van der Waals surface area contributed by atoms with Gasteiger partial charge in [0.2, 0.25) is 0 Å². The lowest BCUT2D eigenvalue weighted by atomic mass is 9.95. The first-order valence-corrected chi connectivity index (χ1v) is 16.3. The standard InChI is InChI=1S/C18H35N3O19S3/c1-7(2)19-6-20-16(24)15-13(34-3)11(23)14(40-43(31,32)33)18(39-15)38-12-8(5-36-42(28,29)30)37-17(35-4)9(10(12)22)21-41(25,26)27/h7-15,17-19,21-23H,5-6H2,1-4H3,(H,20,24)(H,25,26,27)(H,28,29,30)(H,31,32,33)/t8?,9-,10?,11?,12-,13-,14-,15?,17-,18+/m0/s1. The van der Waals surface area contributed by atoms with Gasteiger partial charge in [-0.1, -0.05) is 0 Å². The summed E-state index contributed by atoms with van der Waals surface area (Å²) in [6.07, 6.45) is -17.9. The van der Waals surface area contributed by atoms with Gasteiger partial charge in [0.05, 0.1) is 13.3 Å². The lowest BCUT2D eigenvalue weighted by molar-refractivity contribution is -0.338. The van der Waals surface area contributed by atoms with Crippen LogP contribution in [0.15, 0.2) is 0 Å². The second-order valence-electron chi connectivity index (χ2n) is 9.38.